The van der Waals surface area contributed by atoms with Gasteiger partial charge in [0.05, 0.1) is 0 Å². The van der Waals surface area contributed by atoms with Crippen LogP contribution in [0.3, 0.4) is 0 Å². The van der Waals surface area contributed by atoms with E-state index >= 15 is 0 Å². The lowest BCUT2D eigenvalue weighted by molar-refractivity contribution is -0.142. The minimum atomic E-state index is -0.553. The molecule has 0 spiro atoms. The van der Waals surface area contributed by atoms with Gasteiger partial charge in [0.1, 0.15) is 11.8 Å². The van der Waals surface area contributed by atoms with E-state index in [0.29, 0.717) is 25.1 Å². The van der Waals surface area contributed by atoms with Gasteiger partial charge in [-0.1, -0.05) is 53.2 Å². The molecule has 1 N–H and O–H groups in total. The van der Waals surface area contributed by atoms with Crippen molar-refractivity contribution in [3.05, 3.63) is 63.6 Å². The number of hydrogen-bond donors (Lipinski definition) is 1. The van der Waals surface area contributed by atoms with E-state index in [0.717, 1.165) is 21.2 Å². The van der Waals surface area contributed by atoms with Crippen molar-refractivity contribution in [1.29, 1.82) is 0 Å². The molecule has 0 aliphatic rings. The second-order valence-electron chi connectivity index (χ2n) is 9.15. The monoisotopic (exact) mass is 502 g/mol. The van der Waals surface area contributed by atoms with Crippen LogP contribution < -0.4 is 10.1 Å². The number of benzene rings is 2. The first kappa shape index (κ1) is 25.9. The van der Waals surface area contributed by atoms with Crippen molar-refractivity contribution in [1.82, 2.24) is 10.2 Å². The second-order valence-corrected chi connectivity index (χ2v) is 9.94. The van der Waals surface area contributed by atoms with Crippen molar-refractivity contribution in [2.75, 3.05) is 13.2 Å². The molecule has 1 atom stereocenters. The lowest BCUT2D eigenvalue weighted by Crippen LogP contribution is -2.54. The van der Waals surface area contributed by atoms with Crippen LogP contribution in [0.25, 0.3) is 0 Å². The van der Waals surface area contributed by atoms with E-state index < -0.39 is 6.04 Å². The quantitative estimate of drug-likeness (QED) is 0.511. The average molecular weight is 503 g/mol. The van der Waals surface area contributed by atoms with E-state index in [2.05, 4.69) is 21.2 Å². The van der Waals surface area contributed by atoms with Crippen LogP contribution in [0.5, 0.6) is 5.75 Å². The van der Waals surface area contributed by atoms with E-state index in [-0.39, 0.29) is 24.0 Å². The first-order chi connectivity index (χ1) is 15.0. The number of ether oxygens (including phenoxy) is 1. The molecule has 174 valence electrons. The van der Waals surface area contributed by atoms with Crippen LogP contribution in [-0.4, -0.2) is 41.4 Å². The molecule has 0 aliphatic heterocycles. The average Bonchev–Trinajstić information content (AvgIpc) is 2.72. The highest BCUT2D eigenvalue weighted by atomic mass is 79.9. The van der Waals surface area contributed by atoms with Gasteiger partial charge in [0.15, 0.2) is 6.61 Å². The lowest BCUT2D eigenvalue weighted by Gasteiger charge is -2.33. The molecule has 0 heterocycles. The van der Waals surface area contributed by atoms with Gasteiger partial charge in [-0.2, -0.15) is 0 Å². The summed E-state index contributed by atoms with van der Waals surface area (Å²) in [5.41, 5.74) is 2.84. The van der Waals surface area contributed by atoms with E-state index in [1.807, 2.05) is 84.0 Å². The minimum absolute atomic E-state index is 0.116. The summed E-state index contributed by atoms with van der Waals surface area (Å²) in [5, 5.41) is 3.02. The fourth-order valence-corrected chi connectivity index (χ4v) is 3.80. The Morgan fingerprint density at radius 1 is 1.09 bits per heavy atom. The number of aryl methyl sites for hydroxylation is 2. The summed E-state index contributed by atoms with van der Waals surface area (Å²) in [7, 11) is 0. The fourth-order valence-electron chi connectivity index (χ4n) is 3.57. The number of rotatable bonds is 9. The van der Waals surface area contributed by atoms with Gasteiger partial charge in [-0.3, -0.25) is 9.59 Å². The summed E-state index contributed by atoms with van der Waals surface area (Å²) in [6.45, 7) is 12.1. The number of nitrogens with zero attached hydrogens (tertiary/aromatic N) is 1. The van der Waals surface area contributed by atoms with E-state index in [1.165, 1.54) is 0 Å². The molecule has 2 aromatic carbocycles. The van der Waals surface area contributed by atoms with Crippen LogP contribution in [0.2, 0.25) is 0 Å². The molecule has 2 amide bonds. The Labute approximate surface area is 200 Å². The summed E-state index contributed by atoms with van der Waals surface area (Å²) in [6, 6.07) is 13.2. The van der Waals surface area contributed by atoms with Gasteiger partial charge in [0, 0.05) is 16.6 Å². The Morgan fingerprint density at radius 3 is 2.22 bits per heavy atom. The number of amides is 2. The summed E-state index contributed by atoms with van der Waals surface area (Å²) in [6.07, 6.45) is 1.20. The fraction of sp³-hybridized carbons (Fsp3) is 0.462. The van der Waals surface area contributed by atoms with E-state index in [9.17, 15) is 9.59 Å². The Hall–Kier alpha value is -2.34. The van der Waals surface area contributed by atoms with Crippen molar-refractivity contribution in [2.45, 2.75) is 66.0 Å². The third kappa shape index (κ3) is 7.66. The molecule has 6 heteroatoms. The number of carbonyl (C=O) groups excluding carboxylic acids is 2. The molecule has 0 fully saturated rings. The highest BCUT2D eigenvalue weighted by Gasteiger charge is 2.30. The number of halogens is 1. The van der Waals surface area contributed by atoms with Crippen molar-refractivity contribution in [3.8, 4) is 5.75 Å². The maximum atomic E-state index is 13.3. The van der Waals surface area contributed by atoms with Gasteiger partial charge in [-0.05, 0) is 76.3 Å². The molecule has 0 bridgehead atoms. The lowest BCUT2D eigenvalue weighted by atomic mass is 10.1. The van der Waals surface area contributed by atoms with Gasteiger partial charge in [0.25, 0.3) is 5.91 Å². The van der Waals surface area contributed by atoms with Crippen molar-refractivity contribution in [3.63, 3.8) is 0 Å². The van der Waals surface area contributed by atoms with Crippen LogP contribution in [0.4, 0.5) is 0 Å². The SMILES string of the molecule is CC[C@H](C(=O)NC(C)(C)C)N(CCc1ccccc1)C(=O)COc1cc(C)c(Br)c(C)c1. The van der Waals surface area contributed by atoms with Gasteiger partial charge < -0.3 is 15.0 Å². The van der Waals surface area contributed by atoms with Crippen molar-refractivity contribution >= 4 is 27.7 Å². The zero-order valence-electron chi connectivity index (χ0n) is 20.0. The Bertz CT molecular complexity index is 899. The topological polar surface area (TPSA) is 58.6 Å². The third-order valence-electron chi connectivity index (χ3n) is 5.14. The molecular formula is C26H35BrN2O3. The molecule has 2 aromatic rings. The maximum absolute atomic E-state index is 13.3. The highest BCUT2D eigenvalue weighted by Crippen LogP contribution is 2.26. The third-order valence-corrected chi connectivity index (χ3v) is 6.39. The molecule has 2 rings (SSSR count). The van der Waals surface area contributed by atoms with Gasteiger partial charge in [0.2, 0.25) is 5.91 Å². The molecular weight excluding hydrogens is 468 g/mol. The summed E-state index contributed by atoms with van der Waals surface area (Å²) >= 11 is 3.55. The normalized spacial score (nSPS) is 12.2. The van der Waals surface area contributed by atoms with Crippen LogP contribution in [0.1, 0.15) is 50.8 Å². The predicted molar refractivity (Wildman–Crippen MR) is 133 cm³/mol. The summed E-state index contributed by atoms with van der Waals surface area (Å²) in [4.78, 5) is 27.9. The molecule has 0 aromatic heterocycles. The van der Waals surface area contributed by atoms with Crippen molar-refractivity contribution < 1.29 is 14.3 Å². The number of nitrogens with one attached hydrogen (secondary N) is 1. The number of hydrogen-bond acceptors (Lipinski definition) is 3. The molecule has 0 unspecified atom stereocenters. The zero-order chi connectivity index (χ0) is 23.9. The Kier molecular flexibility index (Phi) is 9.32. The van der Waals surface area contributed by atoms with E-state index in [4.69, 9.17) is 4.74 Å². The van der Waals surface area contributed by atoms with Crippen LogP contribution in [0, 0.1) is 13.8 Å². The van der Waals surface area contributed by atoms with Crippen LogP contribution >= 0.6 is 15.9 Å². The molecule has 0 saturated carbocycles. The largest absolute Gasteiger partial charge is 0.484 e. The van der Waals surface area contributed by atoms with Crippen LogP contribution in [0.15, 0.2) is 46.9 Å². The smallest absolute Gasteiger partial charge is 0.261 e. The second kappa shape index (κ2) is 11.5. The molecule has 0 aliphatic carbocycles. The van der Waals surface area contributed by atoms with Gasteiger partial charge >= 0.3 is 0 Å². The summed E-state index contributed by atoms with van der Waals surface area (Å²) < 4.78 is 6.88. The van der Waals surface area contributed by atoms with Crippen LogP contribution in [-0.2, 0) is 16.0 Å². The first-order valence-electron chi connectivity index (χ1n) is 11.1. The molecule has 0 radical (unpaired) electrons. The first-order valence-corrected chi connectivity index (χ1v) is 11.9. The Morgan fingerprint density at radius 2 is 1.69 bits per heavy atom. The number of carbonyl (C=O) groups is 2. The summed E-state index contributed by atoms with van der Waals surface area (Å²) in [5.74, 6) is 0.304. The standard InChI is InChI=1S/C26H35BrN2O3/c1-7-22(25(31)28-26(4,5)6)29(14-13-20-11-9-8-10-12-20)23(30)17-32-21-15-18(2)24(27)19(3)16-21/h8-12,15-16,22H,7,13-14,17H2,1-6H3,(H,28,31)/t22-/m1/s1. The predicted octanol–water partition coefficient (Wildman–Crippen LogP) is 5.21. The van der Waals surface area contributed by atoms with E-state index in [1.54, 1.807) is 4.90 Å². The van der Waals surface area contributed by atoms with Crippen molar-refractivity contribution in [2.24, 2.45) is 0 Å². The molecule has 0 saturated heterocycles. The molecule has 5 nitrogen and oxygen atoms in total. The Balaban J connectivity index is 2.19. The van der Waals surface area contributed by atoms with Gasteiger partial charge in [-0.15, -0.1) is 0 Å². The van der Waals surface area contributed by atoms with Gasteiger partial charge in [-0.25, -0.2) is 0 Å². The minimum Gasteiger partial charge on any atom is -0.484 e. The highest BCUT2D eigenvalue weighted by molar-refractivity contribution is 9.10. The zero-order valence-corrected chi connectivity index (χ0v) is 21.6. The molecule has 32 heavy (non-hydrogen) atoms. The maximum Gasteiger partial charge on any atom is 0.261 e.